The molecule has 5 heteroatoms. The Bertz CT molecular complexity index is 462. The summed E-state index contributed by atoms with van der Waals surface area (Å²) in [6, 6.07) is 7.63. The standard InChI is InChI=1S/C16H22N2O2.ClH/c1-3-11-20-15-8-6-13(7-9-15)16(19)18-10-4-5-14(18)12-17-2;/h3,6-9,14,17H,1,4-5,10-12H2,2H3;1H. The van der Waals surface area contributed by atoms with Gasteiger partial charge in [0.05, 0.1) is 0 Å². The molecule has 1 aliphatic rings. The summed E-state index contributed by atoms with van der Waals surface area (Å²) in [6.45, 7) is 5.78. The third-order valence-corrected chi connectivity index (χ3v) is 3.55. The molecule has 1 aromatic carbocycles. The zero-order chi connectivity index (χ0) is 14.4. The van der Waals surface area contributed by atoms with Gasteiger partial charge in [0, 0.05) is 24.7 Å². The topological polar surface area (TPSA) is 41.6 Å². The van der Waals surface area contributed by atoms with Crippen LogP contribution in [-0.4, -0.2) is 43.6 Å². The second-order valence-electron chi connectivity index (χ2n) is 4.98. The summed E-state index contributed by atoms with van der Waals surface area (Å²) < 4.78 is 5.42. The van der Waals surface area contributed by atoms with Gasteiger partial charge in [-0.05, 0) is 44.2 Å². The lowest BCUT2D eigenvalue weighted by Crippen LogP contribution is -2.40. The number of carbonyl (C=O) groups is 1. The highest BCUT2D eigenvalue weighted by molar-refractivity contribution is 5.94. The molecule has 0 aliphatic carbocycles. The number of carbonyl (C=O) groups excluding carboxylic acids is 1. The summed E-state index contributed by atoms with van der Waals surface area (Å²) >= 11 is 0. The van der Waals surface area contributed by atoms with Crippen molar-refractivity contribution in [1.29, 1.82) is 0 Å². The van der Waals surface area contributed by atoms with Crippen LogP contribution in [0.25, 0.3) is 0 Å². The van der Waals surface area contributed by atoms with Gasteiger partial charge in [-0.2, -0.15) is 0 Å². The van der Waals surface area contributed by atoms with Crippen molar-refractivity contribution in [1.82, 2.24) is 10.2 Å². The van der Waals surface area contributed by atoms with Crippen LogP contribution in [0.3, 0.4) is 0 Å². The molecular weight excluding hydrogens is 288 g/mol. The lowest BCUT2D eigenvalue weighted by molar-refractivity contribution is 0.0737. The number of hydrogen-bond acceptors (Lipinski definition) is 3. The Labute approximate surface area is 132 Å². The Morgan fingerprint density at radius 1 is 1.48 bits per heavy atom. The minimum Gasteiger partial charge on any atom is -0.490 e. The minimum atomic E-state index is 0. The average Bonchev–Trinajstić information content (AvgIpc) is 2.93. The molecule has 0 spiro atoms. The van der Waals surface area contributed by atoms with Gasteiger partial charge < -0.3 is 15.0 Å². The fraction of sp³-hybridized carbons (Fsp3) is 0.438. The van der Waals surface area contributed by atoms with E-state index in [1.807, 2.05) is 36.2 Å². The van der Waals surface area contributed by atoms with Crippen LogP contribution in [0.4, 0.5) is 0 Å². The second-order valence-corrected chi connectivity index (χ2v) is 4.98. The van der Waals surface area contributed by atoms with Crippen LogP contribution in [-0.2, 0) is 0 Å². The molecule has 1 aliphatic heterocycles. The van der Waals surface area contributed by atoms with Gasteiger partial charge in [-0.3, -0.25) is 4.79 Å². The molecule has 1 atom stereocenters. The molecule has 2 rings (SSSR count). The Morgan fingerprint density at radius 2 is 2.19 bits per heavy atom. The molecule has 0 aromatic heterocycles. The number of nitrogens with one attached hydrogen (secondary N) is 1. The molecule has 1 saturated heterocycles. The Kier molecular flexibility index (Phi) is 7.26. The van der Waals surface area contributed by atoms with Gasteiger partial charge in [0.25, 0.3) is 5.91 Å². The van der Waals surface area contributed by atoms with E-state index >= 15 is 0 Å². The molecule has 0 bridgehead atoms. The number of halogens is 1. The largest absolute Gasteiger partial charge is 0.490 e. The van der Waals surface area contributed by atoms with Crippen molar-refractivity contribution in [2.24, 2.45) is 0 Å². The highest BCUT2D eigenvalue weighted by Gasteiger charge is 2.28. The first-order valence-electron chi connectivity index (χ1n) is 7.05. The van der Waals surface area contributed by atoms with E-state index in [1.54, 1.807) is 6.08 Å². The summed E-state index contributed by atoms with van der Waals surface area (Å²) in [5, 5.41) is 3.15. The van der Waals surface area contributed by atoms with Crippen LogP contribution in [0.5, 0.6) is 5.75 Å². The van der Waals surface area contributed by atoms with E-state index in [1.165, 1.54) is 0 Å². The van der Waals surface area contributed by atoms with Gasteiger partial charge >= 0.3 is 0 Å². The van der Waals surface area contributed by atoms with E-state index in [9.17, 15) is 4.79 Å². The van der Waals surface area contributed by atoms with E-state index < -0.39 is 0 Å². The van der Waals surface area contributed by atoms with Crippen LogP contribution in [0.1, 0.15) is 23.2 Å². The summed E-state index contributed by atoms with van der Waals surface area (Å²) in [5.74, 6) is 0.868. The molecule has 0 saturated carbocycles. The van der Waals surface area contributed by atoms with Crippen molar-refractivity contribution in [2.45, 2.75) is 18.9 Å². The SMILES string of the molecule is C=CCOc1ccc(C(=O)N2CCCC2CNC)cc1.Cl. The van der Waals surface area contributed by atoms with E-state index in [2.05, 4.69) is 11.9 Å². The number of likely N-dealkylation sites (N-methyl/N-ethyl adjacent to an activating group) is 1. The first-order valence-corrected chi connectivity index (χ1v) is 7.05. The number of amides is 1. The van der Waals surface area contributed by atoms with E-state index in [0.29, 0.717) is 12.6 Å². The number of benzene rings is 1. The average molecular weight is 311 g/mol. The molecule has 1 unspecified atom stereocenters. The van der Waals surface area contributed by atoms with Crippen LogP contribution in [0.2, 0.25) is 0 Å². The normalized spacial score (nSPS) is 17.2. The van der Waals surface area contributed by atoms with Crippen molar-refractivity contribution in [3.8, 4) is 5.75 Å². The number of hydrogen-bond donors (Lipinski definition) is 1. The summed E-state index contributed by atoms with van der Waals surface area (Å²) in [7, 11) is 1.92. The summed E-state index contributed by atoms with van der Waals surface area (Å²) in [4.78, 5) is 14.5. The zero-order valence-electron chi connectivity index (χ0n) is 12.4. The molecule has 1 heterocycles. The highest BCUT2D eigenvalue weighted by atomic mass is 35.5. The number of nitrogens with zero attached hydrogens (tertiary/aromatic N) is 1. The van der Waals surface area contributed by atoms with Crippen molar-refractivity contribution in [3.63, 3.8) is 0 Å². The van der Waals surface area contributed by atoms with Gasteiger partial charge in [0.1, 0.15) is 12.4 Å². The molecule has 1 amide bonds. The predicted octanol–water partition coefficient (Wildman–Crippen LogP) is 2.50. The number of ether oxygens (including phenoxy) is 1. The van der Waals surface area contributed by atoms with Gasteiger partial charge in [0.2, 0.25) is 0 Å². The lowest BCUT2D eigenvalue weighted by Gasteiger charge is -2.24. The fourth-order valence-electron chi connectivity index (χ4n) is 2.57. The van der Waals surface area contributed by atoms with Crippen LogP contribution in [0, 0.1) is 0 Å². The van der Waals surface area contributed by atoms with Crippen molar-refractivity contribution >= 4 is 18.3 Å². The highest BCUT2D eigenvalue weighted by Crippen LogP contribution is 2.21. The molecule has 21 heavy (non-hydrogen) atoms. The van der Waals surface area contributed by atoms with Crippen molar-refractivity contribution in [2.75, 3.05) is 26.7 Å². The Hall–Kier alpha value is -1.52. The lowest BCUT2D eigenvalue weighted by atomic mass is 10.1. The monoisotopic (exact) mass is 310 g/mol. The zero-order valence-corrected chi connectivity index (χ0v) is 13.2. The van der Waals surface area contributed by atoms with E-state index in [4.69, 9.17) is 4.74 Å². The third-order valence-electron chi connectivity index (χ3n) is 3.55. The Balaban J connectivity index is 0.00000220. The maximum absolute atomic E-state index is 12.5. The van der Waals surface area contributed by atoms with Crippen molar-refractivity contribution in [3.05, 3.63) is 42.5 Å². The molecule has 1 fully saturated rings. The van der Waals surface area contributed by atoms with Gasteiger partial charge in [0.15, 0.2) is 0 Å². The molecule has 0 radical (unpaired) electrons. The quantitative estimate of drug-likeness (QED) is 0.821. The van der Waals surface area contributed by atoms with Crippen LogP contribution < -0.4 is 10.1 Å². The predicted molar refractivity (Wildman–Crippen MR) is 87.4 cm³/mol. The molecule has 1 aromatic rings. The number of rotatable bonds is 6. The first-order chi connectivity index (χ1) is 9.76. The Morgan fingerprint density at radius 3 is 2.81 bits per heavy atom. The van der Waals surface area contributed by atoms with Gasteiger partial charge in [-0.1, -0.05) is 12.7 Å². The maximum Gasteiger partial charge on any atom is 0.254 e. The smallest absolute Gasteiger partial charge is 0.254 e. The molecule has 116 valence electrons. The van der Waals surface area contributed by atoms with Crippen LogP contribution in [0.15, 0.2) is 36.9 Å². The van der Waals surface area contributed by atoms with E-state index in [0.717, 1.165) is 37.2 Å². The van der Waals surface area contributed by atoms with Crippen LogP contribution >= 0.6 is 12.4 Å². The summed E-state index contributed by atoms with van der Waals surface area (Å²) in [5.41, 5.74) is 0.721. The summed E-state index contributed by atoms with van der Waals surface area (Å²) in [6.07, 6.45) is 3.86. The third kappa shape index (κ3) is 4.48. The first kappa shape index (κ1) is 17.5. The molecule has 1 N–H and O–H groups in total. The molecule has 4 nitrogen and oxygen atoms in total. The maximum atomic E-state index is 12.5. The molecular formula is C16H23ClN2O2. The second kappa shape index (κ2) is 8.70. The van der Waals surface area contributed by atoms with Crippen molar-refractivity contribution < 1.29 is 9.53 Å². The minimum absolute atomic E-state index is 0. The van der Waals surface area contributed by atoms with Gasteiger partial charge in [-0.15, -0.1) is 12.4 Å². The number of likely N-dealkylation sites (tertiary alicyclic amines) is 1. The van der Waals surface area contributed by atoms with Gasteiger partial charge in [-0.25, -0.2) is 0 Å². The van der Waals surface area contributed by atoms with E-state index in [-0.39, 0.29) is 18.3 Å². The fourth-order valence-corrected chi connectivity index (χ4v) is 2.57.